The summed E-state index contributed by atoms with van der Waals surface area (Å²) >= 11 is 0. The van der Waals surface area contributed by atoms with Crippen molar-refractivity contribution in [3.05, 3.63) is 54.1 Å². The van der Waals surface area contributed by atoms with Gasteiger partial charge in [-0.1, -0.05) is 12.1 Å². The van der Waals surface area contributed by atoms with E-state index in [0.29, 0.717) is 11.6 Å². The molecule has 0 saturated carbocycles. The van der Waals surface area contributed by atoms with Crippen LogP contribution in [0, 0.1) is 0 Å². The van der Waals surface area contributed by atoms with Crippen molar-refractivity contribution >= 4 is 15.7 Å². The van der Waals surface area contributed by atoms with E-state index in [-0.39, 0.29) is 4.90 Å². The number of nitrogens with one attached hydrogen (secondary N) is 1. The predicted octanol–water partition coefficient (Wildman–Crippen LogP) is 3.81. The number of halogens is 3. The standard InChI is InChI=1S/C18H19F3N2O3S/c1-23-11-10-14(12-23)13-2-4-15(5-3-13)22-27(24,25)17-8-6-16(7-9-17)26-18(19,20)21/h2-9,14,22H,10-12H2,1H3/t14-/m1/s1. The average Bonchev–Trinajstić information content (AvgIpc) is 3.01. The average molecular weight is 400 g/mol. The van der Waals surface area contributed by atoms with Crippen molar-refractivity contribution in [2.45, 2.75) is 23.6 Å². The van der Waals surface area contributed by atoms with Gasteiger partial charge in [-0.25, -0.2) is 8.42 Å². The maximum Gasteiger partial charge on any atom is 0.573 e. The van der Waals surface area contributed by atoms with Gasteiger partial charge in [0.25, 0.3) is 10.0 Å². The molecule has 3 rings (SSSR count). The second-order valence-corrected chi connectivity index (χ2v) is 8.18. The Bertz CT molecular complexity index is 882. The van der Waals surface area contributed by atoms with Gasteiger partial charge in [0.05, 0.1) is 4.90 Å². The molecule has 27 heavy (non-hydrogen) atoms. The Hall–Kier alpha value is -2.26. The third-order valence-electron chi connectivity index (χ3n) is 4.39. The number of nitrogens with zero attached hydrogens (tertiary/aromatic N) is 1. The van der Waals surface area contributed by atoms with Gasteiger partial charge in [0.15, 0.2) is 0 Å². The third kappa shape index (κ3) is 5.14. The molecule has 1 N–H and O–H groups in total. The molecule has 1 aliphatic rings. The van der Waals surface area contributed by atoms with Gasteiger partial charge in [0.1, 0.15) is 5.75 Å². The summed E-state index contributed by atoms with van der Waals surface area (Å²) in [7, 11) is -1.85. The number of likely N-dealkylation sites (N-methyl/N-ethyl adjacent to an activating group) is 1. The smallest absolute Gasteiger partial charge is 0.406 e. The van der Waals surface area contributed by atoms with Crippen molar-refractivity contribution in [1.29, 1.82) is 0 Å². The van der Waals surface area contributed by atoms with E-state index >= 15 is 0 Å². The van der Waals surface area contributed by atoms with E-state index in [1.165, 1.54) is 0 Å². The maximum atomic E-state index is 12.4. The number of benzene rings is 2. The Balaban J connectivity index is 1.69. The first kappa shape index (κ1) is 19.5. The number of rotatable bonds is 5. The van der Waals surface area contributed by atoms with Crippen molar-refractivity contribution in [2.24, 2.45) is 0 Å². The van der Waals surface area contributed by atoms with E-state index < -0.39 is 22.1 Å². The fraction of sp³-hybridized carbons (Fsp3) is 0.333. The van der Waals surface area contributed by atoms with E-state index in [1.54, 1.807) is 12.1 Å². The number of sulfonamides is 1. The zero-order valence-electron chi connectivity index (χ0n) is 14.5. The molecule has 5 nitrogen and oxygen atoms in total. The minimum atomic E-state index is -4.82. The number of hydrogen-bond acceptors (Lipinski definition) is 4. The Morgan fingerprint density at radius 2 is 1.70 bits per heavy atom. The lowest BCUT2D eigenvalue weighted by molar-refractivity contribution is -0.274. The number of likely N-dealkylation sites (tertiary alicyclic amines) is 1. The number of ether oxygens (including phenoxy) is 1. The predicted molar refractivity (Wildman–Crippen MR) is 95.2 cm³/mol. The van der Waals surface area contributed by atoms with Gasteiger partial charge in [0, 0.05) is 12.2 Å². The monoisotopic (exact) mass is 400 g/mol. The van der Waals surface area contributed by atoms with Crippen molar-refractivity contribution < 1.29 is 26.3 Å². The molecular weight excluding hydrogens is 381 g/mol. The summed E-state index contributed by atoms with van der Waals surface area (Å²) in [6, 6.07) is 11.2. The molecule has 1 aliphatic heterocycles. The van der Waals surface area contributed by atoms with Crippen LogP contribution in [0.3, 0.4) is 0 Å². The van der Waals surface area contributed by atoms with Crippen molar-refractivity contribution in [3.8, 4) is 5.75 Å². The normalized spacial score (nSPS) is 18.4. The minimum Gasteiger partial charge on any atom is -0.406 e. The summed E-state index contributed by atoms with van der Waals surface area (Å²) < 4.78 is 67.5. The lowest BCUT2D eigenvalue weighted by Gasteiger charge is -2.13. The van der Waals surface area contributed by atoms with E-state index in [4.69, 9.17) is 0 Å². The highest BCUT2D eigenvalue weighted by atomic mass is 32.2. The van der Waals surface area contributed by atoms with Crippen LogP contribution in [0.1, 0.15) is 17.9 Å². The van der Waals surface area contributed by atoms with Crippen LogP contribution >= 0.6 is 0 Å². The second kappa shape index (κ2) is 7.40. The summed E-state index contributed by atoms with van der Waals surface area (Å²) in [5, 5.41) is 0. The van der Waals surface area contributed by atoms with Crippen molar-refractivity contribution in [3.63, 3.8) is 0 Å². The van der Waals surface area contributed by atoms with Gasteiger partial charge in [-0.3, -0.25) is 4.72 Å². The van der Waals surface area contributed by atoms with Crippen LogP contribution < -0.4 is 9.46 Å². The lowest BCUT2D eigenvalue weighted by atomic mass is 9.98. The van der Waals surface area contributed by atoms with E-state index in [0.717, 1.165) is 49.3 Å². The third-order valence-corrected chi connectivity index (χ3v) is 5.79. The topological polar surface area (TPSA) is 58.6 Å². The SMILES string of the molecule is CN1CC[C@@H](c2ccc(NS(=O)(=O)c3ccc(OC(F)(F)F)cc3)cc2)C1. The molecule has 0 unspecified atom stereocenters. The zero-order chi connectivity index (χ0) is 19.7. The van der Waals surface area contributed by atoms with Crippen molar-refractivity contribution in [1.82, 2.24) is 4.90 Å². The molecule has 146 valence electrons. The van der Waals surface area contributed by atoms with E-state index in [2.05, 4.69) is 21.4 Å². The highest BCUT2D eigenvalue weighted by Crippen LogP contribution is 2.28. The van der Waals surface area contributed by atoms with Crippen LogP contribution in [0.15, 0.2) is 53.4 Å². The summed E-state index contributed by atoms with van der Waals surface area (Å²) in [5.74, 6) is -0.0471. The summed E-state index contributed by atoms with van der Waals surface area (Å²) in [4.78, 5) is 2.09. The van der Waals surface area contributed by atoms with E-state index in [1.807, 2.05) is 12.1 Å². The molecule has 2 aromatic rings. The molecule has 0 spiro atoms. The molecule has 0 aliphatic carbocycles. The molecule has 0 aromatic heterocycles. The quantitative estimate of drug-likeness (QED) is 0.829. The van der Waals surface area contributed by atoms with Gasteiger partial charge in [0.2, 0.25) is 0 Å². The van der Waals surface area contributed by atoms with Crippen LogP contribution in [0.2, 0.25) is 0 Å². The highest BCUT2D eigenvalue weighted by Gasteiger charge is 2.31. The number of hydrogen-bond donors (Lipinski definition) is 1. The first-order valence-electron chi connectivity index (χ1n) is 8.29. The zero-order valence-corrected chi connectivity index (χ0v) is 15.3. The van der Waals surface area contributed by atoms with Gasteiger partial charge < -0.3 is 9.64 Å². The Morgan fingerprint density at radius 1 is 1.07 bits per heavy atom. The van der Waals surface area contributed by atoms with Crippen LogP contribution in [0.4, 0.5) is 18.9 Å². The number of alkyl halides is 3. The Labute approximate surface area is 155 Å². The molecule has 1 saturated heterocycles. The first-order valence-corrected chi connectivity index (χ1v) is 9.78. The van der Waals surface area contributed by atoms with Crippen LogP contribution in [0.25, 0.3) is 0 Å². The second-order valence-electron chi connectivity index (χ2n) is 6.49. The largest absolute Gasteiger partial charge is 0.573 e. The molecule has 0 amide bonds. The van der Waals surface area contributed by atoms with E-state index in [9.17, 15) is 21.6 Å². The van der Waals surface area contributed by atoms with Gasteiger partial charge in [-0.2, -0.15) is 0 Å². The molecule has 1 atom stereocenters. The summed E-state index contributed by atoms with van der Waals surface area (Å²) in [6.07, 6.45) is -3.76. The summed E-state index contributed by atoms with van der Waals surface area (Å²) in [6.45, 7) is 2.00. The lowest BCUT2D eigenvalue weighted by Crippen LogP contribution is -2.17. The molecule has 9 heteroatoms. The molecule has 2 aromatic carbocycles. The number of anilines is 1. The Morgan fingerprint density at radius 3 is 2.22 bits per heavy atom. The highest BCUT2D eigenvalue weighted by molar-refractivity contribution is 7.92. The molecule has 0 bridgehead atoms. The van der Waals surface area contributed by atoms with Gasteiger partial charge >= 0.3 is 6.36 Å². The van der Waals surface area contributed by atoms with Crippen molar-refractivity contribution in [2.75, 3.05) is 24.9 Å². The fourth-order valence-corrected chi connectivity index (χ4v) is 4.12. The van der Waals surface area contributed by atoms with Crippen LogP contribution in [-0.2, 0) is 10.0 Å². The molecular formula is C18H19F3N2O3S. The fourth-order valence-electron chi connectivity index (χ4n) is 3.06. The molecule has 1 heterocycles. The van der Waals surface area contributed by atoms with Gasteiger partial charge in [-0.05, 0) is 67.9 Å². The molecule has 1 fully saturated rings. The molecule has 0 radical (unpaired) electrons. The summed E-state index contributed by atoms with van der Waals surface area (Å²) in [5.41, 5.74) is 1.54. The van der Waals surface area contributed by atoms with Crippen LogP contribution in [-0.4, -0.2) is 39.8 Å². The first-order chi connectivity index (χ1) is 12.6. The minimum absolute atomic E-state index is 0.154. The van der Waals surface area contributed by atoms with Crippen LogP contribution in [0.5, 0.6) is 5.75 Å². The Kier molecular flexibility index (Phi) is 5.34. The van der Waals surface area contributed by atoms with Gasteiger partial charge in [-0.15, -0.1) is 13.2 Å². The maximum absolute atomic E-state index is 12.4.